The van der Waals surface area contributed by atoms with Crippen molar-refractivity contribution in [1.82, 2.24) is 4.98 Å². The number of aryl methyl sites for hydroxylation is 1. The van der Waals surface area contributed by atoms with Crippen LogP contribution in [0.4, 0.5) is 5.69 Å². The molecule has 26 heavy (non-hydrogen) atoms. The predicted molar refractivity (Wildman–Crippen MR) is 98.8 cm³/mol. The first-order valence-corrected chi connectivity index (χ1v) is 8.28. The fourth-order valence-electron chi connectivity index (χ4n) is 2.67. The lowest BCUT2D eigenvalue weighted by molar-refractivity contribution is 0.0599. The minimum atomic E-state index is -0.486. The summed E-state index contributed by atoms with van der Waals surface area (Å²) in [6.07, 6.45) is 0.552. The van der Waals surface area contributed by atoms with E-state index >= 15 is 0 Å². The number of carbonyl (C=O) groups is 2. The Bertz CT molecular complexity index is 845. The number of rotatable bonds is 6. The number of carbonyl (C=O) groups excluding carboxylic acids is 2. The summed E-state index contributed by atoms with van der Waals surface area (Å²) in [5, 5.41) is 3.12. The van der Waals surface area contributed by atoms with Crippen LogP contribution < -0.4 is 14.8 Å². The van der Waals surface area contributed by atoms with E-state index in [1.165, 1.54) is 21.3 Å². The summed E-state index contributed by atoms with van der Waals surface area (Å²) in [6.45, 7) is 3.57. The molecule has 0 saturated carbocycles. The first-order chi connectivity index (χ1) is 12.4. The molecule has 1 heterocycles. The zero-order valence-electron chi connectivity index (χ0n) is 15.3. The molecule has 0 atom stereocenters. The Hall–Kier alpha value is -2.67. The van der Waals surface area contributed by atoms with Crippen LogP contribution in [-0.2, 0) is 11.2 Å². The smallest absolute Gasteiger partial charge is 0.339 e. The zero-order chi connectivity index (χ0) is 19.4. The van der Waals surface area contributed by atoms with E-state index in [1.54, 1.807) is 19.1 Å². The lowest BCUT2D eigenvalue weighted by atomic mass is 10.1. The highest BCUT2D eigenvalue weighted by atomic mass is 35.5. The summed E-state index contributed by atoms with van der Waals surface area (Å²) in [6, 6.07) is 3.12. The fourth-order valence-corrected chi connectivity index (χ4v) is 2.90. The molecule has 2 aromatic rings. The largest absolute Gasteiger partial charge is 0.495 e. The highest BCUT2D eigenvalue weighted by Crippen LogP contribution is 2.36. The van der Waals surface area contributed by atoms with Crippen molar-refractivity contribution in [2.24, 2.45) is 0 Å². The number of aromatic amines is 1. The number of aromatic nitrogens is 1. The minimum absolute atomic E-state index is 0.276. The maximum atomic E-state index is 12.8. The molecule has 1 amide bonds. The molecule has 0 radical (unpaired) electrons. The minimum Gasteiger partial charge on any atom is -0.495 e. The van der Waals surface area contributed by atoms with E-state index in [0.717, 1.165) is 0 Å². The van der Waals surface area contributed by atoms with E-state index in [-0.39, 0.29) is 5.69 Å². The van der Waals surface area contributed by atoms with Crippen molar-refractivity contribution in [1.29, 1.82) is 0 Å². The van der Waals surface area contributed by atoms with Crippen molar-refractivity contribution < 1.29 is 23.8 Å². The molecular formula is C18H21ClN2O5. The number of nitrogens with one attached hydrogen (secondary N) is 2. The second-order valence-corrected chi connectivity index (χ2v) is 5.87. The molecule has 1 aromatic heterocycles. The van der Waals surface area contributed by atoms with E-state index in [4.69, 9.17) is 25.8 Å². The highest BCUT2D eigenvalue weighted by molar-refractivity contribution is 6.32. The molecule has 0 unspecified atom stereocenters. The Morgan fingerprint density at radius 1 is 1.15 bits per heavy atom. The van der Waals surface area contributed by atoms with Crippen molar-refractivity contribution in [2.75, 3.05) is 26.6 Å². The van der Waals surface area contributed by atoms with E-state index in [2.05, 4.69) is 10.3 Å². The summed E-state index contributed by atoms with van der Waals surface area (Å²) in [5.41, 5.74) is 2.20. The molecule has 0 spiro atoms. The van der Waals surface area contributed by atoms with Gasteiger partial charge in [0.15, 0.2) is 0 Å². The number of H-pyrrole nitrogens is 1. The number of hydrogen-bond donors (Lipinski definition) is 2. The van der Waals surface area contributed by atoms with Crippen LogP contribution in [0.2, 0.25) is 5.02 Å². The van der Waals surface area contributed by atoms with Gasteiger partial charge in [0.1, 0.15) is 17.2 Å². The van der Waals surface area contributed by atoms with Gasteiger partial charge in [0.25, 0.3) is 5.91 Å². The van der Waals surface area contributed by atoms with Gasteiger partial charge in [-0.1, -0.05) is 18.5 Å². The molecule has 0 aliphatic heterocycles. The standard InChI is InChI=1S/C18H21ClN2O5/c1-6-11-15(18(23)26-5)9(2)16(20-11)17(22)21-12-8-13(24-3)10(19)7-14(12)25-4/h7-8,20H,6H2,1-5H3,(H,21,22). The van der Waals surface area contributed by atoms with Crippen molar-refractivity contribution in [2.45, 2.75) is 20.3 Å². The molecule has 7 nitrogen and oxygen atoms in total. The van der Waals surface area contributed by atoms with Crippen LogP contribution >= 0.6 is 11.6 Å². The summed E-state index contributed by atoms with van der Waals surface area (Å²) in [5.74, 6) is -0.122. The molecule has 0 aliphatic carbocycles. The molecule has 8 heteroatoms. The first-order valence-electron chi connectivity index (χ1n) is 7.90. The van der Waals surface area contributed by atoms with Gasteiger partial charge >= 0.3 is 5.97 Å². The van der Waals surface area contributed by atoms with Gasteiger partial charge in [0.05, 0.1) is 37.6 Å². The van der Waals surface area contributed by atoms with E-state index < -0.39 is 11.9 Å². The second-order valence-electron chi connectivity index (χ2n) is 5.46. The molecule has 140 valence electrons. The van der Waals surface area contributed by atoms with Crippen LogP contribution in [0, 0.1) is 6.92 Å². The van der Waals surface area contributed by atoms with Crippen molar-refractivity contribution >= 4 is 29.2 Å². The van der Waals surface area contributed by atoms with Gasteiger partial charge in [-0.3, -0.25) is 4.79 Å². The zero-order valence-corrected chi connectivity index (χ0v) is 16.0. The number of anilines is 1. The van der Waals surface area contributed by atoms with Gasteiger partial charge in [0.2, 0.25) is 0 Å². The monoisotopic (exact) mass is 380 g/mol. The van der Waals surface area contributed by atoms with Crippen LogP contribution in [0.5, 0.6) is 11.5 Å². The maximum Gasteiger partial charge on any atom is 0.339 e. The van der Waals surface area contributed by atoms with Gasteiger partial charge < -0.3 is 24.5 Å². The Morgan fingerprint density at radius 3 is 2.35 bits per heavy atom. The third kappa shape index (κ3) is 3.62. The summed E-state index contributed by atoms with van der Waals surface area (Å²) < 4.78 is 15.2. The van der Waals surface area contributed by atoms with E-state index in [9.17, 15) is 9.59 Å². The van der Waals surface area contributed by atoms with Crippen LogP contribution in [-0.4, -0.2) is 38.2 Å². The van der Waals surface area contributed by atoms with Crippen molar-refractivity contribution in [3.05, 3.63) is 39.7 Å². The van der Waals surface area contributed by atoms with Crippen molar-refractivity contribution in [3.63, 3.8) is 0 Å². The van der Waals surface area contributed by atoms with Gasteiger partial charge in [-0.25, -0.2) is 4.79 Å². The summed E-state index contributed by atoms with van der Waals surface area (Å²) in [4.78, 5) is 27.8. The normalized spacial score (nSPS) is 10.4. The highest BCUT2D eigenvalue weighted by Gasteiger charge is 2.24. The lowest BCUT2D eigenvalue weighted by Crippen LogP contribution is -2.15. The molecule has 2 rings (SSSR count). The Balaban J connectivity index is 2.43. The number of benzene rings is 1. The maximum absolute atomic E-state index is 12.8. The van der Waals surface area contributed by atoms with Gasteiger partial charge in [-0.15, -0.1) is 0 Å². The SMILES string of the molecule is CCc1[nH]c(C(=O)Nc2cc(OC)c(Cl)cc2OC)c(C)c1C(=O)OC. The topological polar surface area (TPSA) is 89.7 Å². The molecule has 0 fully saturated rings. The average Bonchev–Trinajstić information content (AvgIpc) is 2.98. The predicted octanol–water partition coefficient (Wildman–Crippen LogP) is 3.60. The summed E-state index contributed by atoms with van der Waals surface area (Å²) >= 11 is 6.08. The van der Waals surface area contributed by atoms with E-state index in [1.807, 2.05) is 6.92 Å². The number of hydrogen-bond acceptors (Lipinski definition) is 5. The molecular weight excluding hydrogens is 360 g/mol. The number of ether oxygens (including phenoxy) is 3. The average molecular weight is 381 g/mol. The second kappa shape index (κ2) is 8.14. The number of halogens is 1. The van der Waals surface area contributed by atoms with Crippen LogP contribution in [0.1, 0.15) is 39.0 Å². The lowest BCUT2D eigenvalue weighted by Gasteiger charge is -2.13. The molecule has 0 bridgehead atoms. The molecule has 0 aliphatic rings. The first kappa shape index (κ1) is 19.7. The van der Waals surface area contributed by atoms with Gasteiger partial charge in [-0.2, -0.15) is 0 Å². The third-order valence-electron chi connectivity index (χ3n) is 4.02. The quantitative estimate of drug-likeness (QED) is 0.747. The Labute approximate surface area is 156 Å². The van der Waals surface area contributed by atoms with Crippen molar-refractivity contribution in [3.8, 4) is 11.5 Å². The van der Waals surface area contributed by atoms with Crippen LogP contribution in [0.3, 0.4) is 0 Å². The number of esters is 1. The fraction of sp³-hybridized carbons (Fsp3) is 0.333. The number of amides is 1. The van der Waals surface area contributed by atoms with Gasteiger partial charge in [-0.05, 0) is 18.9 Å². The Kier molecular flexibility index (Phi) is 6.15. The van der Waals surface area contributed by atoms with Crippen LogP contribution in [0.15, 0.2) is 12.1 Å². The van der Waals surface area contributed by atoms with E-state index in [0.29, 0.717) is 45.5 Å². The van der Waals surface area contributed by atoms with Crippen LogP contribution in [0.25, 0.3) is 0 Å². The molecule has 0 saturated heterocycles. The number of methoxy groups -OCH3 is 3. The molecule has 2 N–H and O–H groups in total. The summed E-state index contributed by atoms with van der Waals surface area (Å²) in [7, 11) is 4.25. The third-order valence-corrected chi connectivity index (χ3v) is 4.32. The Morgan fingerprint density at radius 2 is 1.81 bits per heavy atom. The van der Waals surface area contributed by atoms with Gasteiger partial charge in [0, 0.05) is 17.8 Å². The molecule has 1 aromatic carbocycles.